The van der Waals surface area contributed by atoms with Crippen LogP contribution in [0.1, 0.15) is 48.1 Å². The normalized spacial score (nSPS) is 18.2. The van der Waals surface area contributed by atoms with Gasteiger partial charge in [-0.1, -0.05) is 23.7 Å². The molecule has 166 valence electrons. The first-order valence-electron chi connectivity index (χ1n) is 10.0. The summed E-state index contributed by atoms with van der Waals surface area (Å²) in [7, 11) is -2.73. The molecule has 1 N–H and O–H groups in total. The lowest BCUT2D eigenvalue weighted by Gasteiger charge is -2.34. The summed E-state index contributed by atoms with van der Waals surface area (Å²) in [5, 5.41) is 3.24. The van der Waals surface area contributed by atoms with Crippen LogP contribution in [0.5, 0.6) is 0 Å². The van der Waals surface area contributed by atoms with Crippen LogP contribution in [0.4, 0.5) is 0 Å². The van der Waals surface area contributed by atoms with Crippen LogP contribution in [0.3, 0.4) is 0 Å². The third-order valence-corrected chi connectivity index (χ3v) is 7.64. The molecule has 1 amide bonds. The van der Waals surface area contributed by atoms with Gasteiger partial charge in [0.15, 0.2) is 0 Å². The maximum atomic E-state index is 13.7. The van der Waals surface area contributed by atoms with Crippen LogP contribution in [0.15, 0.2) is 53.4 Å². The third-order valence-electron chi connectivity index (χ3n) is 5.40. The number of benzene rings is 2. The molecule has 1 heterocycles. The highest BCUT2D eigenvalue weighted by molar-refractivity contribution is 7.89. The fraction of sp³-hybridized carbons (Fsp3) is 0.364. The predicted molar refractivity (Wildman–Crippen MR) is 117 cm³/mol. The van der Waals surface area contributed by atoms with Crippen molar-refractivity contribution < 1.29 is 22.7 Å². The first kappa shape index (κ1) is 23.2. The quantitative estimate of drug-likeness (QED) is 0.660. The zero-order valence-electron chi connectivity index (χ0n) is 17.4. The summed E-state index contributed by atoms with van der Waals surface area (Å²) in [6.07, 6.45) is 1.94. The number of nitrogens with one attached hydrogen (secondary N) is 1. The molecule has 31 heavy (non-hydrogen) atoms. The maximum Gasteiger partial charge on any atom is 0.337 e. The number of hydrogen-bond donors (Lipinski definition) is 1. The smallest absolute Gasteiger partial charge is 0.337 e. The van der Waals surface area contributed by atoms with E-state index in [9.17, 15) is 18.0 Å². The summed E-state index contributed by atoms with van der Waals surface area (Å²) in [6.45, 7) is 2.26. The standard InChI is InChI=1S/C22H25ClN2O5S/c1-15(16-6-8-17(9-7-16)22(27)30-2)25(20-5-3-4-14-24-21(20)26)31(28,29)19-12-10-18(23)11-13-19/h6-13,15,20H,3-5,14H2,1-2H3,(H,24,26)/t15?,20-/m1/s1. The molecule has 2 aromatic carbocycles. The Bertz CT molecular complexity index is 1040. The third kappa shape index (κ3) is 5.08. The van der Waals surface area contributed by atoms with Gasteiger partial charge in [-0.15, -0.1) is 0 Å². The molecule has 2 atom stereocenters. The van der Waals surface area contributed by atoms with Gasteiger partial charge in [-0.3, -0.25) is 4.79 Å². The van der Waals surface area contributed by atoms with Crippen molar-refractivity contribution >= 4 is 33.5 Å². The van der Waals surface area contributed by atoms with E-state index in [0.717, 1.165) is 12.8 Å². The average Bonchev–Trinajstić information content (AvgIpc) is 2.98. The van der Waals surface area contributed by atoms with Crippen molar-refractivity contribution in [3.63, 3.8) is 0 Å². The average molecular weight is 465 g/mol. The predicted octanol–water partition coefficient (Wildman–Crippen LogP) is 3.55. The largest absolute Gasteiger partial charge is 0.465 e. The fourth-order valence-electron chi connectivity index (χ4n) is 3.70. The molecule has 1 unspecified atom stereocenters. The van der Waals surface area contributed by atoms with Crippen LogP contribution in [0.2, 0.25) is 5.02 Å². The van der Waals surface area contributed by atoms with Gasteiger partial charge in [0.05, 0.1) is 17.6 Å². The molecule has 1 aliphatic rings. The first-order chi connectivity index (χ1) is 14.8. The number of esters is 1. The Morgan fingerprint density at radius 1 is 1.13 bits per heavy atom. The molecule has 7 nitrogen and oxygen atoms in total. The van der Waals surface area contributed by atoms with Gasteiger partial charge in [0.2, 0.25) is 15.9 Å². The molecule has 1 saturated heterocycles. The van der Waals surface area contributed by atoms with E-state index in [1.165, 1.54) is 35.7 Å². The van der Waals surface area contributed by atoms with E-state index in [-0.39, 0.29) is 10.8 Å². The number of carbonyl (C=O) groups is 2. The van der Waals surface area contributed by atoms with Gasteiger partial charge in [0, 0.05) is 17.6 Å². The Balaban J connectivity index is 2.05. The van der Waals surface area contributed by atoms with E-state index in [1.54, 1.807) is 31.2 Å². The second-order valence-electron chi connectivity index (χ2n) is 7.38. The van der Waals surface area contributed by atoms with Crippen LogP contribution >= 0.6 is 11.6 Å². The van der Waals surface area contributed by atoms with E-state index in [2.05, 4.69) is 5.32 Å². The maximum absolute atomic E-state index is 13.7. The second kappa shape index (κ2) is 9.80. The number of hydrogen-bond acceptors (Lipinski definition) is 5. The van der Waals surface area contributed by atoms with Gasteiger partial charge >= 0.3 is 5.97 Å². The zero-order chi connectivity index (χ0) is 22.6. The molecule has 0 spiro atoms. The molecule has 0 aromatic heterocycles. The number of amides is 1. The van der Waals surface area contributed by atoms with E-state index in [4.69, 9.17) is 16.3 Å². The molecule has 0 saturated carbocycles. The van der Waals surface area contributed by atoms with Crippen molar-refractivity contribution in [2.45, 2.75) is 43.2 Å². The van der Waals surface area contributed by atoms with Gasteiger partial charge < -0.3 is 10.1 Å². The topological polar surface area (TPSA) is 92.8 Å². The van der Waals surface area contributed by atoms with E-state index in [0.29, 0.717) is 29.1 Å². The Hall–Kier alpha value is -2.42. The highest BCUT2D eigenvalue weighted by Gasteiger charge is 2.40. The molecule has 0 radical (unpaired) electrons. The molecule has 0 bridgehead atoms. The van der Waals surface area contributed by atoms with E-state index < -0.39 is 28.1 Å². The van der Waals surface area contributed by atoms with Crippen molar-refractivity contribution in [3.8, 4) is 0 Å². The van der Waals surface area contributed by atoms with E-state index in [1.807, 2.05) is 0 Å². The first-order valence-corrected chi connectivity index (χ1v) is 11.8. The van der Waals surface area contributed by atoms with Crippen LogP contribution < -0.4 is 5.32 Å². The van der Waals surface area contributed by atoms with Crippen LogP contribution in [-0.4, -0.2) is 44.3 Å². The highest BCUT2D eigenvalue weighted by atomic mass is 35.5. The SMILES string of the molecule is COC(=O)c1ccc(C(C)N([C@@H]2CCCCNC2=O)S(=O)(=O)c2ccc(Cl)cc2)cc1. The summed E-state index contributed by atoms with van der Waals surface area (Å²) in [5.41, 5.74) is 1.01. The van der Waals surface area contributed by atoms with Crippen molar-refractivity contribution in [1.29, 1.82) is 0 Å². The molecule has 9 heteroatoms. The molecule has 3 rings (SSSR count). The molecule has 1 fully saturated rings. The van der Waals surface area contributed by atoms with Gasteiger partial charge in [-0.25, -0.2) is 13.2 Å². The van der Waals surface area contributed by atoms with Gasteiger partial charge in [-0.2, -0.15) is 4.31 Å². The zero-order valence-corrected chi connectivity index (χ0v) is 18.9. The van der Waals surface area contributed by atoms with Crippen molar-refractivity contribution in [3.05, 3.63) is 64.7 Å². The number of sulfonamides is 1. The summed E-state index contributed by atoms with van der Waals surface area (Å²) < 4.78 is 33.3. The Labute approximate surface area is 187 Å². The molecule has 2 aromatic rings. The van der Waals surface area contributed by atoms with Crippen LogP contribution in [-0.2, 0) is 19.6 Å². The Kier molecular flexibility index (Phi) is 7.35. The highest BCUT2D eigenvalue weighted by Crippen LogP contribution is 2.33. The van der Waals surface area contributed by atoms with E-state index >= 15 is 0 Å². The number of carbonyl (C=O) groups excluding carboxylic acids is 2. The lowest BCUT2D eigenvalue weighted by atomic mass is 10.0. The number of ether oxygens (including phenoxy) is 1. The van der Waals surface area contributed by atoms with Crippen LogP contribution in [0, 0.1) is 0 Å². The lowest BCUT2D eigenvalue weighted by molar-refractivity contribution is -0.125. The lowest BCUT2D eigenvalue weighted by Crippen LogP contribution is -2.49. The summed E-state index contributed by atoms with van der Waals surface area (Å²) in [5.74, 6) is -0.791. The number of methoxy groups -OCH3 is 1. The minimum atomic E-state index is -4.02. The number of halogens is 1. The summed E-state index contributed by atoms with van der Waals surface area (Å²) in [4.78, 5) is 24.6. The molecule has 0 aliphatic carbocycles. The second-order valence-corrected chi connectivity index (χ2v) is 9.66. The summed E-state index contributed by atoms with van der Waals surface area (Å²) in [6, 6.07) is 10.9. The van der Waals surface area contributed by atoms with Crippen molar-refractivity contribution in [1.82, 2.24) is 9.62 Å². The Morgan fingerprint density at radius 2 is 1.77 bits per heavy atom. The summed E-state index contributed by atoms with van der Waals surface area (Å²) >= 11 is 5.94. The monoisotopic (exact) mass is 464 g/mol. The van der Waals surface area contributed by atoms with Gasteiger partial charge in [0.25, 0.3) is 0 Å². The number of nitrogens with zero attached hydrogens (tertiary/aromatic N) is 1. The molecule has 1 aliphatic heterocycles. The minimum absolute atomic E-state index is 0.0620. The van der Waals surface area contributed by atoms with Crippen molar-refractivity contribution in [2.24, 2.45) is 0 Å². The Morgan fingerprint density at radius 3 is 2.39 bits per heavy atom. The molecular weight excluding hydrogens is 440 g/mol. The fourth-order valence-corrected chi connectivity index (χ4v) is 5.63. The minimum Gasteiger partial charge on any atom is -0.465 e. The van der Waals surface area contributed by atoms with Gasteiger partial charge in [0.1, 0.15) is 6.04 Å². The number of rotatable bonds is 6. The van der Waals surface area contributed by atoms with Crippen LogP contribution in [0.25, 0.3) is 0 Å². The molecular formula is C22H25ClN2O5S. The van der Waals surface area contributed by atoms with Gasteiger partial charge in [-0.05, 0) is 68.1 Å². The van der Waals surface area contributed by atoms with Crippen molar-refractivity contribution in [2.75, 3.05) is 13.7 Å².